The second-order valence-electron chi connectivity index (χ2n) is 9.16. The summed E-state index contributed by atoms with van der Waals surface area (Å²) < 4.78 is 13.9. The van der Waals surface area contributed by atoms with Crippen molar-refractivity contribution in [1.82, 2.24) is 0 Å². The Morgan fingerprint density at radius 2 is 1.32 bits per heavy atom. The van der Waals surface area contributed by atoms with E-state index in [-0.39, 0.29) is 10.8 Å². The SMILES string of the molecule is Cc1cc2c(cc1C1(c3ccc(Br)cc3)OCCCO1)C(C)(C)C=CC2(C)C. The molecule has 0 bridgehead atoms. The minimum Gasteiger partial charge on any atom is -0.342 e. The van der Waals surface area contributed by atoms with Gasteiger partial charge in [0, 0.05) is 26.4 Å². The van der Waals surface area contributed by atoms with E-state index in [9.17, 15) is 0 Å². The summed E-state index contributed by atoms with van der Waals surface area (Å²) in [6, 6.07) is 13.0. The molecule has 0 N–H and O–H groups in total. The van der Waals surface area contributed by atoms with Crippen LogP contribution in [0.4, 0.5) is 0 Å². The topological polar surface area (TPSA) is 18.5 Å². The van der Waals surface area contributed by atoms with E-state index in [0.717, 1.165) is 22.0 Å². The largest absolute Gasteiger partial charge is 0.342 e. The third kappa shape index (κ3) is 3.18. The predicted octanol–water partition coefficient (Wildman–Crippen LogP) is 6.52. The smallest absolute Gasteiger partial charge is 0.222 e. The summed E-state index contributed by atoms with van der Waals surface area (Å²) >= 11 is 3.55. The zero-order chi connectivity index (χ0) is 20.2. The molecule has 1 aliphatic carbocycles. The Balaban J connectivity index is 1.95. The highest BCUT2D eigenvalue weighted by Crippen LogP contribution is 2.46. The highest BCUT2D eigenvalue weighted by atomic mass is 79.9. The first-order chi connectivity index (χ1) is 13.2. The predicted molar refractivity (Wildman–Crippen MR) is 118 cm³/mol. The number of halogens is 1. The summed E-state index contributed by atoms with van der Waals surface area (Å²) in [4.78, 5) is 0. The van der Waals surface area contributed by atoms with Crippen molar-refractivity contribution in [2.24, 2.45) is 0 Å². The minimum atomic E-state index is -0.848. The summed E-state index contributed by atoms with van der Waals surface area (Å²) in [6.45, 7) is 12.7. The molecule has 0 saturated carbocycles. The van der Waals surface area contributed by atoms with E-state index in [1.807, 2.05) is 0 Å². The molecular weight excluding hydrogens is 412 g/mol. The van der Waals surface area contributed by atoms with Crippen molar-refractivity contribution in [3.63, 3.8) is 0 Å². The molecule has 1 heterocycles. The quantitative estimate of drug-likeness (QED) is 0.494. The maximum atomic E-state index is 6.41. The van der Waals surface area contributed by atoms with E-state index < -0.39 is 5.79 Å². The van der Waals surface area contributed by atoms with Crippen molar-refractivity contribution in [3.8, 4) is 0 Å². The molecule has 2 aliphatic rings. The molecule has 2 nitrogen and oxygen atoms in total. The molecule has 2 aromatic carbocycles. The Kier molecular flexibility index (Phi) is 4.85. The lowest BCUT2D eigenvalue weighted by Crippen LogP contribution is -2.40. The fraction of sp³-hybridized carbons (Fsp3) is 0.440. The van der Waals surface area contributed by atoms with Crippen LogP contribution >= 0.6 is 15.9 Å². The van der Waals surface area contributed by atoms with Gasteiger partial charge in [-0.3, -0.25) is 0 Å². The van der Waals surface area contributed by atoms with E-state index in [1.165, 1.54) is 16.7 Å². The lowest BCUT2D eigenvalue weighted by atomic mass is 9.66. The summed E-state index contributed by atoms with van der Waals surface area (Å²) in [6.07, 6.45) is 5.60. The van der Waals surface area contributed by atoms with Crippen molar-refractivity contribution in [3.05, 3.63) is 80.8 Å². The van der Waals surface area contributed by atoms with Crippen molar-refractivity contribution in [2.45, 2.75) is 57.7 Å². The van der Waals surface area contributed by atoms with Crippen LogP contribution in [0.25, 0.3) is 0 Å². The van der Waals surface area contributed by atoms with Crippen LogP contribution in [0.2, 0.25) is 0 Å². The van der Waals surface area contributed by atoms with Crippen LogP contribution in [0.3, 0.4) is 0 Å². The van der Waals surface area contributed by atoms with E-state index >= 15 is 0 Å². The number of ether oxygens (including phenoxy) is 2. The fourth-order valence-electron chi connectivity index (χ4n) is 4.40. The molecule has 0 unspecified atom stereocenters. The first kappa shape index (κ1) is 19.9. The van der Waals surface area contributed by atoms with Gasteiger partial charge in [-0.2, -0.15) is 0 Å². The van der Waals surface area contributed by atoms with Crippen LogP contribution in [0, 0.1) is 6.92 Å². The van der Waals surface area contributed by atoms with Gasteiger partial charge in [-0.1, -0.05) is 74.0 Å². The molecule has 0 aromatic heterocycles. The number of benzene rings is 2. The maximum absolute atomic E-state index is 6.41. The lowest BCUT2D eigenvalue weighted by molar-refractivity contribution is -0.249. The van der Waals surface area contributed by atoms with Crippen LogP contribution in [-0.4, -0.2) is 13.2 Å². The molecule has 0 spiro atoms. The summed E-state index contributed by atoms with van der Waals surface area (Å²) in [5, 5.41) is 0. The third-order valence-electron chi connectivity index (χ3n) is 6.15. The average Bonchev–Trinajstić information content (AvgIpc) is 2.66. The summed E-state index contributed by atoms with van der Waals surface area (Å²) in [5.74, 6) is -0.848. The van der Waals surface area contributed by atoms with Crippen molar-refractivity contribution < 1.29 is 9.47 Å². The average molecular weight is 441 g/mol. The number of hydrogen-bond donors (Lipinski definition) is 0. The Bertz CT molecular complexity index is 916. The highest BCUT2D eigenvalue weighted by Gasteiger charge is 2.42. The molecule has 0 radical (unpaired) electrons. The molecule has 1 aliphatic heterocycles. The van der Waals surface area contributed by atoms with Gasteiger partial charge >= 0.3 is 0 Å². The lowest BCUT2D eigenvalue weighted by Gasteiger charge is -2.42. The molecule has 0 amide bonds. The number of aryl methyl sites for hydroxylation is 1. The Morgan fingerprint density at radius 1 is 0.786 bits per heavy atom. The number of hydrogen-bond acceptors (Lipinski definition) is 2. The number of fused-ring (bicyclic) bond motifs is 1. The molecule has 3 heteroatoms. The minimum absolute atomic E-state index is 0.0210. The van der Waals surface area contributed by atoms with Gasteiger partial charge in [-0.15, -0.1) is 0 Å². The van der Waals surface area contributed by atoms with Gasteiger partial charge in [0.2, 0.25) is 5.79 Å². The molecule has 1 saturated heterocycles. The summed E-state index contributed by atoms with van der Waals surface area (Å²) in [7, 11) is 0. The molecule has 0 atom stereocenters. The standard InChI is InChI=1S/C25H29BrO2/c1-17-15-21-22(24(4,5)12-11-23(21,2)3)16-20(17)25(27-13-6-14-28-25)18-7-9-19(26)10-8-18/h7-12,15-16H,6,13-14H2,1-5H3. The van der Waals surface area contributed by atoms with E-state index in [0.29, 0.717) is 13.2 Å². The molecule has 1 fully saturated rings. The van der Waals surface area contributed by atoms with Crippen molar-refractivity contribution in [2.75, 3.05) is 13.2 Å². The van der Waals surface area contributed by atoms with Crippen LogP contribution in [0.1, 0.15) is 61.9 Å². The van der Waals surface area contributed by atoms with E-state index in [4.69, 9.17) is 9.47 Å². The maximum Gasteiger partial charge on any atom is 0.222 e. The van der Waals surface area contributed by atoms with E-state index in [1.54, 1.807) is 0 Å². The van der Waals surface area contributed by atoms with Gasteiger partial charge in [0.15, 0.2) is 0 Å². The zero-order valence-corrected chi connectivity index (χ0v) is 19.0. The van der Waals surface area contributed by atoms with Crippen molar-refractivity contribution in [1.29, 1.82) is 0 Å². The Hall–Kier alpha value is -1.42. The highest BCUT2D eigenvalue weighted by molar-refractivity contribution is 9.10. The van der Waals surface area contributed by atoms with Gasteiger partial charge in [0.1, 0.15) is 0 Å². The first-order valence-electron chi connectivity index (χ1n) is 10.1. The van der Waals surface area contributed by atoms with Gasteiger partial charge in [0.05, 0.1) is 13.2 Å². The van der Waals surface area contributed by atoms with Gasteiger partial charge in [-0.25, -0.2) is 0 Å². The van der Waals surface area contributed by atoms with Gasteiger partial charge in [0.25, 0.3) is 0 Å². The third-order valence-corrected chi connectivity index (χ3v) is 6.68. The van der Waals surface area contributed by atoms with Crippen LogP contribution in [0.15, 0.2) is 53.0 Å². The number of rotatable bonds is 2. The molecule has 2 aromatic rings. The Labute approximate surface area is 177 Å². The number of allylic oxidation sites excluding steroid dienone is 2. The van der Waals surface area contributed by atoms with Crippen LogP contribution in [-0.2, 0) is 26.1 Å². The normalized spacial score (nSPS) is 21.9. The zero-order valence-electron chi connectivity index (χ0n) is 17.4. The van der Waals surface area contributed by atoms with Gasteiger partial charge in [-0.05, 0) is 48.2 Å². The molecular formula is C25H29BrO2. The van der Waals surface area contributed by atoms with Gasteiger partial charge < -0.3 is 9.47 Å². The first-order valence-corrected chi connectivity index (χ1v) is 10.9. The van der Waals surface area contributed by atoms with Crippen LogP contribution < -0.4 is 0 Å². The second kappa shape index (κ2) is 6.83. The Morgan fingerprint density at radius 3 is 1.89 bits per heavy atom. The van der Waals surface area contributed by atoms with E-state index in [2.05, 4.69) is 99.1 Å². The second-order valence-corrected chi connectivity index (χ2v) is 10.1. The monoisotopic (exact) mass is 440 g/mol. The summed E-state index contributed by atoms with van der Waals surface area (Å²) in [5.41, 5.74) is 6.12. The molecule has 28 heavy (non-hydrogen) atoms. The molecule has 148 valence electrons. The fourth-order valence-corrected chi connectivity index (χ4v) is 4.67. The molecule has 4 rings (SSSR count). The van der Waals surface area contributed by atoms with Crippen molar-refractivity contribution >= 4 is 15.9 Å². The van der Waals surface area contributed by atoms with Crippen LogP contribution in [0.5, 0.6) is 0 Å².